The van der Waals surface area contributed by atoms with Crippen molar-refractivity contribution in [3.8, 4) is 5.69 Å². The van der Waals surface area contributed by atoms with Crippen LogP contribution in [-0.4, -0.2) is 54.0 Å². The number of benzene rings is 2. The number of esters is 1. The molecule has 0 bridgehead atoms. The Kier molecular flexibility index (Phi) is 6.24. The van der Waals surface area contributed by atoms with Crippen molar-refractivity contribution in [2.24, 2.45) is 0 Å². The molecule has 0 N–H and O–H groups in total. The molecule has 5 rings (SSSR count). The van der Waals surface area contributed by atoms with Gasteiger partial charge >= 0.3 is 5.97 Å². The summed E-state index contributed by atoms with van der Waals surface area (Å²) in [6.07, 6.45) is 3.94. The van der Waals surface area contributed by atoms with Gasteiger partial charge in [-0.25, -0.2) is 22.3 Å². The number of aromatic nitrogens is 2. The molecule has 1 aliphatic heterocycles. The van der Waals surface area contributed by atoms with E-state index in [1.165, 1.54) is 40.7 Å². The first-order valence-corrected chi connectivity index (χ1v) is 13.0. The fraction of sp³-hybridized carbons (Fsp3) is 0.320. The number of nitrogens with zero attached hydrogens (tertiary/aromatic N) is 3. The number of fused-ring (bicyclic) bond motifs is 1. The minimum atomic E-state index is -3.57. The fourth-order valence-corrected chi connectivity index (χ4v) is 6.09. The van der Waals surface area contributed by atoms with Gasteiger partial charge in [-0.1, -0.05) is 0 Å². The van der Waals surface area contributed by atoms with Crippen LogP contribution in [0.3, 0.4) is 0 Å². The van der Waals surface area contributed by atoms with E-state index in [1.807, 2.05) is 0 Å². The first kappa shape index (κ1) is 23.4. The Morgan fingerprint density at radius 3 is 2.31 bits per heavy atom. The van der Waals surface area contributed by atoms with Crippen molar-refractivity contribution < 1.29 is 27.1 Å². The van der Waals surface area contributed by atoms with Crippen molar-refractivity contribution in [3.63, 3.8) is 0 Å². The maximum absolute atomic E-state index is 13.3. The fourth-order valence-electron chi connectivity index (χ4n) is 4.57. The molecule has 182 valence electrons. The van der Waals surface area contributed by atoms with Gasteiger partial charge in [0.15, 0.2) is 18.1 Å². The summed E-state index contributed by atoms with van der Waals surface area (Å²) in [5.74, 6) is -1.51. The summed E-state index contributed by atoms with van der Waals surface area (Å²) < 4.78 is 46.9. The first-order chi connectivity index (χ1) is 16.8. The van der Waals surface area contributed by atoms with Gasteiger partial charge in [-0.3, -0.25) is 4.79 Å². The van der Waals surface area contributed by atoms with Crippen LogP contribution in [0.15, 0.2) is 53.4 Å². The lowest BCUT2D eigenvalue weighted by atomic mass is 10.1. The second-order valence-corrected chi connectivity index (χ2v) is 10.6. The minimum Gasteiger partial charge on any atom is -0.453 e. The van der Waals surface area contributed by atoms with Crippen LogP contribution in [0.5, 0.6) is 0 Å². The van der Waals surface area contributed by atoms with Crippen molar-refractivity contribution in [2.75, 3.05) is 19.7 Å². The first-order valence-electron chi connectivity index (χ1n) is 11.5. The molecule has 2 heterocycles. The third-order valence-electron chi connectivity index (χ3n) is 6.41. The highest BCUT2D eigenvalue weighted by atomic mass is 32.2. The molecule has 8 nitrogen and oxygen atoms in total. The Balaban J connectivity index is 1.27. The van der Waals surface area contributed by atoms with Gasteiger partial charge in [-0.15, -0.1) is 0 Å². The molecule has 1 saturated heterocycles. The van der Waals surface area contributed by atoms with Crippen LogP contribution in [-0.2, 0) is 27.6 Å². The molecular formula is C25H24FN3O5S. The van der Waals surface area contributed by atoms with Gasteiger partial charge in [0, 0.05) is 29.9 Å². The van der Waals surface area contributed by atoms with Gasteiger partial charge in [0.1, 0.15) is 5.82 Å². The molecule has 0 unspecified atom stereocenters. The third kappa shape index (κ3) is 4.51. The van der Waals surface area contributed by atoms with Crippen molar-refractivity contribution in [1.82, 2.24) is 14.1 Å². The number of hydrogen-bond acceptors (Lipinski definition) is 6. The number of Topliss-reactive ketones (excluding diaryl/α,β-unsaturated/α-hetero) is 1. The highest BCUT2D eigenvalue weighted by Crippen LogP contribution is 2.28. The highest BCUT2D eigenvalue weighted by molar-refractivity contribution is 7.89. The van der Waals surface area contributed by atoms with E-state index in [1.54, 1.807) is 16.8 Å². The zero-order chi connectivity index (χ0) is 24.6. The van der Waals surface area contributed by atoms with Crippen LogP contribution < -0.4 is 0 Å². The average Bonchev–Trinajstić information content (AvgIpc) is 3.62. The molecule has 3 aromatic rings. The minimum absolute atomic E-state index is 0.134. The van der Waals surface area contributed by atoms with Gasteiger partial charge in [-0.05, 0) is 80.6 Å². The van der Waals surface area contributed by atoms with Crippen molar-refractivity contribution in [2.45, 2.75) is 37.0 Å². The molecule has 1 aromatic heterocycles. The second kappa shape index (κ2) is 9.35. The number of halogens is 1. The molecule has 35 heavy (non-hydrogen) atoms. The molecule has 0 atom stereocenters. The van der Waals surface area contributed by atoms with Crippen molar-refractivity contribution in [1.29, 1.82) is 0 Å². The summed E-state index contributed by atoms with van der Waals surface area (Å²) in [6, 6.07) is 11.5. The van der Waals surface area contributed by atoms with E-state index in [-0.39, 0.29) is 22.0 Å². The van der Waals surface area contributed by atoms with Gasteiger partial charge in [0.25, 0.3) is 0 Å². The molecule has 2 aliphatic rings. The number of carbonyl (C=O) groups is 2. The number of hydrogen-bond donors (Lipinski definition) is 0. The van der Waals surface area contributed by atoms with E-state index in [9.17, 15) is 22.4 Å². The Hall–Kier alpha value is -3.37. The number of rotatable bonds is 7. The largest absolute Gasteiger partial charge is 0.453 e. The quantitative estimate of drug-likeness (QED) is 0.367. The van der Waals surface area contributed by atoms with E-state index < -0.39 is 28.4 Å². The second-order valence-electron chi connectivity index (χ2n) is 8.65. The van der Waals surface area contributed by atoms with E-state index in [2.05, 4.69) is 5.10 Å². The van der Waals surface area contributed by atoms with Crippen molar-refractivity contribution in [3.05, 3.63) is 76.9 Å². The summed E-state index contributed by atoms with van der Waals surface area (Å²) in [5.41, 5.74) is 2.71. The molecule has 1 fully saturated rings. The summed E-state index contributed by atoms with van der Waals surface area (Å²) in [4.78, 5) is 25.5. The third-order valence-corrected chi connectivity index (χ3v) is 8.32. The number of ether oxygens (including phenoxy) is 1. The van der Waals surface area contributed by atoms with Gasteiger partial charge in [0.2, 0.25) is 10.0 Å². The Morgan fingerprint density at radius 1 is 0.943 bits per heavy atom. The summed E-state index contributed by atoms with van der Waals surface area (Å²) >= 11 is 0. The van der Waals surface area contributed by atoms with Crippen LogP contribution in [0, 0.1) is 5.82 Å². The number of ketones is 1. The molecule has 10 heteroatoms. The summed E-state index contributed by atoms with van der Waals surface area (Å²) in [7, 11) is -3.57. The predicted octanol–water partition coefficient (Wildman–Crippen LogP) is 3.32. The zero-order valence-electron chi connectivity index (χ0n) is 18.9. The van der Waals surface area contributed by atoms with Gasteiger partial charge < -0.3 is 4.74 Å². The number of carbonyl (C=O) groups excluding carboxylic acids is 2. The van der Waals surface area contributed by atoms with Crippen LogP contribution >= 0.6 is 0 Å². The maximum Gasteiger partial charge on any atom is 0.359 e. The zero-order valence-corrected chi connectivity index (χ0v) is 19.8. The molecule has 0 radical (unpaired) electrons. The summed E-state index contributed by atoms with van der Waals surface area (Å²) in [6.45, 7) is 0.508. The van der Waals surface area contributed by atoms with E-state index in [0.717, 1.165) is 36.9 Å². The van der Waals surface area contributed by atoms with Crippen molar-refractivity contribution >= 4 is 21.8 Å². The Labute approximate surface area is 202 Å². The Bertz CT molecular complexity index is 1380. The predicted molar refractivity (Wildman–Crippen MR) is 125 cm³/mol. The monoisotopic (exact) mass is 497 g/mol. The standard InChI is InChI=1S/C25H24FN3O5S/c26-18-8-10-19(11-9-18)29-22-5-3-4-21(22)24(27-29)25(31)34-16-23(30)17-6-12-20(13-7-17)35(32,33)28-14-1-2-15-28/h6-13H,1-5,14-16H2. The lowest BCUT2D eigenvalue weighted by Gasteiger charge is -2.15. The van der Waals surface area contributed by atoms with E-state index in [0.29, 0.717) is 25.2 Å². The topological polar surface area (TPSA) is 98.6 Å². The molecule has 0 saturated carbocycles. The molecule has 2 aromatic carbocycles. The average molecular weight is 498 g/mol. The number of sulfonamides is 1. The van der Waals surface area contributed by atoms with Crippen LogP contribution in [0.2, 0.25) is 0 Å². The Morgan fingerprint density at radius 2 is 1.63 bits per heavy atom. The maximum atomic E-state index is 13.3. The van der Waals surface area contributed by atoms with E-state index >= 15 is 0 Å². The van der Waals surface area contributed by atoms with Crippen LogP contribution in [0.25, 0.3) is 5.69 Å². The molecule has 1 aliphatic carbocycles. The molecule has 0 amide bonds. The SMILES string of the molecule is O=C(COC(=O)c1nn(-c2ccc(F)cc2)c2c1CCC2)c1ccc(S(=O)(=O)N2CCCC2)cc1. The normalized spacial score (nSPS) is 15.8. The lowest BCUT2D eigenvalue weighted by Crippen LogP contribution is -2.27. The van der Waals surface area contributed by atoms with Crippen LogP contribution in [0.4, 0.5) is 4.39 Å². The van der Waals surface area contributed by atoms with Crippen LogP contribution in [0.1, 0.15) is 51.4 Å². The molecular weight excluding hydrogens is 473 g/mol. The summed E-state index contributed by atoms with van der Waals surface area (Å²) in [5, 5.41) is 4.40. The van der Waals surface area contributed by atoms with Gasteiger partial charge in [-0.2, -0.15) is 9.40 Å². The van der Waals surface area contributed by atoms with E-state index in [4.69, 9.17) is 4.74 Å². The molecule has 0 spiro atoms. The smallest absolute Gasteiger partial charge is 0.359 e. The highest BCUT2D eigenvalue weighted by Gasteiger charge is 2.29. The lowest BCUT2D eigenvalue weighted by molar-refractivity contribution is 0.0467. The van der Waals surface area contributed by atoms with Gasteiger partial charge in [0.05, 0.1) is 10.6 Å².